The smallest absolute Gasteiger partial charge is 0.0543 e. The van der Waals surface area contributed by atoms with E-state index in [4.69, 9.17) is 0 Å². The van der Waals surface area contributed by atoms with E-state index in [-0.39, 0.29) is 27.1 Å². The summed E-state index contributed by atoms with van der Waals surface area (Å²) in [6.07, 6.45) is 0. The highest BCUT2D eigenvalue weighted by Crippen LogP contribution is 2.64. The Kier molecular flexibility index (Phi) is 10.0. The molecule has 0 fully saturated rings. The SMILES string of the molecule is CC1(C)c2cc3c(cc2-c2cc4c(cc21)-c1c(cc(N(c2ccccc2)c2cccc5c2-c2ccccc2C5(C)C)c2ccccc12)C4(C)C)C(C)(C)c1cc(N(c2ccccc2)c2cccc4c2-c2ccccc2C4(C)C)c2ccccc2c1-3. The normalized spacial score (nSPS) is 16.4. The highest BCUT2D eigenvalue weighted by molar-refractivity contribution is 6.14. The van der Waals surface area contributed by atoms with Crippen molar-refractivity contribution in [3.05, 3.63) is 286 Å². The summed E-state index contributed by atoms with van der Waals surface area (Å²) in [5.41, 5.74) is 33.4. The number of rotatable bonds is 6. The van der Waals surface area contributed by atoms with Gasteiger partial charge >= 0.3 is 0 Å². The summed E-state index contributed by atoms with van der Waals surface area (Å²) < 4.78 is 0. The fourth-order valence-electron chi connectivity index (χ4n) is 17.0. The molecule has 12 aromatic carbocycles. The van der Waals surface area contributed by atoms with Gasteiger partial charge in [-0.1, -0.05) is 227 Å². The third-order valence-electron chi connectivity index (χ3n) is 21.4. The zero-order valence-electron chi connectivity index (χ0n) is 50.3. The van der Waals surface area contributed by atoms with Crippen LogP contribution >= 0.6 is 0 Å². The molecule has 5 aliphatic rings. The Labute approximate surface area is 500 Å². The van der Waals surface area contributed by atoms with E-state index in [1.807, 2.05) is 0 Å². The van der Waals surface area contributed by atoms with Crippen molar-refractivity contribution in [3.8, 4) is 55.6 Å². The van der Waals surface area contributed by atoms with Gasteiger partial charge in [-0.05, 0) is 184 Å². The number of hydrogen-bond acceptors (Lipinski definition) is 2. The third-order valence-corrected chi connectivity index (χ3v) is 21.4. The molecule has 0 spiro atoms. The quantitative estimate of drug-likeness (QED) is 0.164. The Bertz CT molecular complexity index is 4600. The molecular weight excluding hydrogens is 1020 g/mol. The lowest BCUT2D eigenvalue weighted by molar-refractivity contribution is 0.649. The van der Waals surface area contributed by atoms with Gasteiger partial charge in [0.25, 0.3) is 0 Å². The van der Waals surface area contributed by atoms with Crippen molar-refractivity contribution in [1.82, 2.24) is 0 Å². The van der Waals surface area contributed by atoms with Gasteiger partial charge < -0.3 is 9.80 Å². The summed E-state index contributed by atoms with van der Waals surface area (Å²) in [7, 11) is 0. The molecule has 0 unspecified atom stereocenters. The molecule has 85 heavy (non-hydrogen) atoms. The molecule has 0 radical (unpaired) electrons. The van der Waals surface area contributed by atoms with Crippen LogP contribution in [0, 0.1) is 0 Å². The molecule has 0 N–H and O–H groups in total. The maximum Gasteiger partial charge on any atom is 0.0543 e. The first-order valence-corrected chi connectivity index (χ1v) is 30.7. The van der Waals surface area contributed by atoms with E-state index >= 15 is 0 Å². The molecule has 0 atom stereocenters. The van der Waals surface area contributed by atoms with E-state index in [2.05, 4.69) is 310 Å². The highest BCUT2D eigenvalue weighted by Gasteiger charge is 2.47. The van der Waals surface area contributed by atoms with Gasteiger partial charge in [0.15, 0.2) is 0 Å². The fourth-order valence-corrected chi connectivity index (χ4v) is 17.0. The largest absolute Gasteiger partial charge is 0.309 e. The summed E-state index contributed by atoms with van der Waals surface area (Å²) in [4.78, 5) is 5.13. The number of anilines is 6. The lowest BCUT2D eigenvalue weighted by Gasteiger charge is -2.31. The number of fused-ring (bicyclic) bond motifs is 19. The molecule has 2 nitrogen and oxygen atoms in total. The van der Waals surface area contributed by atoms with Gasteiger partial charge in [0.05, 0.1) is 22.7 Å². The second-order valence-corrected chi connectivity index (χ2v) is 27.6. The van der Waals surface area contributed by atoms with Crippen molar-refractivity contribution in [2.45, 2.75) is 96.3 Å². The maximum atomic E-state index is 2.62. The molecule has 0 heterocycles. The van der Waals surface area contributed by atoms with Crippen LogP contribution in [0.3, 0.4) is 0 Å². The van der Waals surface area contributed by atoms with E-state index < -0.39 is 0 Å². The molecule has 410 valence electrons. The van der Waals surface area contributed by atoms with Gasteiger partial charge in [-0.2, -0.15) is 0 Å². The first kappa shape index (κ1) is 50.3. The zero-order valence-corrected chi connectivity index (χ0v) is 50.3. The van der Waals surface area contributed by atoms with Crippen LogP contribution in [-0.4, -0.2) is 0 Å². The minimum atomic E-state index is -0.302. The van der Waals surface area contributed by atoms with E-state index in [1.165, 1.54) is 156 Å². The molecule has 0 saturated heterocycles. The van der Waals surface area contributed by atoms with Crippen LogP contribution in [0.25, 0.3) is 77.2 Å². The average Bonchev–Trinajstić information content (AvgIpc) is 1.56. The summed E-state index contributed by atoms with van der Waals surface area (Å²) in [6.45, 7) is 24.4. The molecule has 0 aromatic heterocycles. The van der Waals surface area contributed by atoms with Crippen molar-refractivity contribution in [1.29, 1.82) is 0 Å². The van der Waals surface area contributed by atoms with Crippen molar-refractivity contribution >= 4 is 55.7 Å². The monoisotopic (exact) mass is 1090 g/mol. The van der Waals surface area contributed by atoms with Crippen molar-refractivity contribution in [3.63, 3.8) is 0 Å². The first-order valence-electron chi connectivity index (χ1n) is 30.7. The average molecular weight is 1090 g/mol. The van der Waals surface area contributed by atoms with E-state index in [0.29, 0.717) is 0 Å². The van der Waals surface area contributed by atoms with Gasteiger partial charge in [-0.25, -0.2) is 0 Å². The lowest BCUT2D eigenvalue weighted by atomic mass is 9.78. The van der Waals surface area contributed by atoms with Crippen LogP contribution in [0.15, 0.2) is 231 Å². The van der Waals surface area contributed by atoms with Crippen molar-refractivity contribution in [2.24, 2.45) is 0 Å². The second kappa shape index (κ2) is 17.0. The lowest BCUT2D eigenvalue weighted by Crippen LogP contribution is -2.18. The minimum Gasteiger partial charge on any atom is -0.309 e. The van der Waals surface area contributed by atoms with Crippen LogP contribution < -0.4 is 9.80 Å². The number of nitrogens with zero attached hydrogens (tertiary/aromatic N) is 2. The zero-order chi connectivity index (χ0) is 57.8. The molecule has 0 amide bonds. The van der Waals surface area contributed by atoms with Gasteiger partial charge in [0, 0.05) is 60.3 Å². The number of hydrogen-bond donors (Lipinski definition) is 0. The molecule has 0 saturated carbocycles. The molecular formula is C83H68N2. The van der Waals surface area contributed by atoms with Crippen molar-refractivity contribution in [2.75, 3.05) is 9.80 Å². The summed E-state index contributed by atoms with van der Waals surface area (Å²) in [5.74, 6) is 0. The second-order valence-electron chi connectivity index (χ2n) is 27.6. The number of benzene rings is 12. The van der Waals surface area contributed by atoms with Crippen LogP contribution in [0.2, 0.25) is 0 Å². The van der Waals surface area contributed by atoms with Gasteiger partial charge in [0.1, 0.15) is 0 Å². The van der Waals surface area contributed by atoms with Crippen LogP contribution in [0.1, 0.15) is 125 Å². The van der Waals surface area contributed by atoms with Gasteiger partial charge in [-0.3, -0.25) is 0 Å². The van der Waals surface area contributed by atoms with Crippen LogP contribution in [-0.2, 0) is 27.1 Å². The van der Waals surface area contributed by atoms with Crippen LogP contribution in [0.5, 0.6) is 0 Å². The van der Waals surface area contributed by atoms with Gasteiger partial charge in [-0.15, -0.1) is 0 Å². The molecule has 2 heteroatoms. The minimum absolute atomic E-state index is 0.127. The number of para-hydroxylation sites is 2. The van der Waals surface area contributed by atoms with E-state index in [0.717, 1.165) is 11.4 Å². The summed E-state index contributed by atoms with van der Waals surface area (Å²) >= 11 is 0. The van der Waals surface area contributed by atoms with Gasteiger partial charge in [0.2, 0.25) is 0 Å². The standard InChI is InChI=1S/C83H68N2/c1-79(2)61-37-23-21-35-55(61)77-63(79)39-25-41-71(77)84(49-27-13-11-14-28-49)73-47-69-75(53-33-19-17-31-51(53)73)59-45-65-57(43-67(59)82(69,7)8)58-44-68-60(46-66(58)81(65,5)6)76-54-34-20-18-32-52(54)74(48-70(76)83(68,9)10)85(50-29-15-12-16-30-50)72-42-26-40-64-78(72)56-36-22-24-38-62(56)80(64,3)4/h11-48H,1-10H3. The predicted octanol–water partition coefficient (Wildman–Crippen LogP) is 22.5. The Hall–Kier alpha value is -9.24. The maximum absolute atomic E-state index is 2.62. The Morgan fingerprint density at radius 1 is 0.200 bits per heavy atom. The van der Waals surface area contributed by atoms with Crippen LogP contribution in [0.4, 0.5) is 34.1 Å². The topological polar surface area (TPSA) is 6.48 Å². The van der Waals surface area contributed by atoms with Crippen molar-refractivity contribution < 1.29 is 0 Å². The molecule has 0 bridgehead atoms. The Morgan fingerprint density at radius 2 is 0.506 bits per heavy atom. The molecule has 12 aromatic rings. The summed E-state index contributed by atoms with van der Waals surface area (Å²) in [6, 6.07) is 88.3. The Morgan fingerprint density at radius 3 is 0.918 bits per heavy atom. The molecule has 17 rings (SSSR count). The predicted molar refractivity (Wildman–Crippen MR) is 359 cm³/mol. The van der Waals surface area contributed by atoms with E-state index in [9.17, 15) is 0 Å². The Balaban J connectivity index is 0.831. The van der Waals surface area contributed by atoms with E-state index in [1.54, 1.807) is 0 Å². The fraction of sp³-hybridized carbons (Fsp3) is 0.181. The summed E-state index contributed by atoms with van der Waals surface area (Å²) in [5, 5.41) is 5.09. The first-order chi connectivity index (χ1) is 41.0. The third kappa shape index (κ3) is 6.50. The molecule has 0 aliphatic heterocycles. The highest BCUT2D eigenvalue weighted by atomic mass is 15.2. The molecule has 5 aliphatic carbocycles.